The Labute approximate surface area is 85.6 Å². The van der Waals surface area contributed by atoms with Crippen LogP contribution in [0.3, 0.4) is 0 Å². The van der Waals surface area contributed by atoms with Gasteiger partial charge in [0.1, 0.15) is 0 Å². The van der Waals surface area contributed by atoms with Crippen LogP contribution in [0.1, 0.15) is 39.5 Å². The van der Waals surface area contributed by atoms with E-state index in [0.29, 0.717) is 0 Å². The van der Waals surface area contributed by atoms with Crippen molar-refractivity contribution < 1.29 is 10.2 Å². The number of hydrogen-bond acceptors (Lipinski definition) is 2. The van der Waals surface area contributed by atoms with E-state index < -0.39 is 11.2 Å². The lowest BCUT2D eigenvalue weighted by molar-refractivity contribution is -0.0419. The molecule has 4 atom stereocenters. The standard InChI is InChI=1S/C12H20O2/c1-11(13)7-4-3-5-9-10(11)6-8-12(9,2)14/h3,5,9-10,13-14H,4,6-8H2,1-2H3/t9-,10+,11+,12-/m1/s1. The molecule has 0 aromatic heterocycles. The van der Waals surface area contributed by atoms with Crippen LogP contribution in [-0.4, -0.2) is 21.4 Å². The molecule has 0 unspecified atom stereocenters. The van der Waals surface area contributed by atoms with Gasteiger partial charge in [-0.05, 0) is 45.4 Å². The molecular weight excluding hydrogens is 176 g/mol. The number of aliphatic hydroxyl groups is 2. The van der Waals surface area contributed by atoms with Crippen molar-refractivity contribution >= 4 is 0 Å². The first-order valence-corrected chi connectivity index (χ1v) is 5.55. The molecule has 0 radical (unpaired) electrons. The molecule has 14 heavy (non-hydrogen) atoms. The first kappa shape index (κ1) is 10.2. The molecule has 0 aromatic carbocycles. The largest absolute Gasteiger partial charge is 0.390 e. The molecule has 1 fully saturated rings. The van der Waals surface area contributed by atoms with Crippen molar-refractivity contribution in [3.63, 3.8) is 0 Å². The second kappa shape index (κ2) is 3.07. The van der Waals surface area contributed by atoms with Crippen LogP contribution in [0.4, 0.5) is 0 Å². The lowest BCUT2D eigenvalue weighted by atomic mass is 9.77. The summed E-state index contributed by atoms with van der Waals surface area (Å²) in [6, 6.07) is 0. The maximum atomic E-state index is 10.3. The van der Waals surface area contributed by atoms with Crippen LogP contribution in [0.15, 0.2) is 12.2 Å². The molecule has 2 aliphatic carbocycles. The summed E-state index contributed by atoms with van der Waals surface area (Å²) in [6.45, 7) is 3.81. The summed E-state index contributed by atoms with van der Waals surface area (Å²) >= 11 is 0. The Morgan fingerprint density at radius 1 is 1.14 bits per heavy atom. The average molecular weight is 196 g/mol. The van der Waals surface area contributed by atoms with Crippen molar-refractivity contribution in [1.29, 1.82) is 0 Å². The highest BCUT2D eigenvalue weighted by molar-refractivity contribution is 5.11. The van der Waals surface area contributed by atoms with Crippen LogP contribution in [0, 0.1) is 11.8 Å². The predicted octanol–water partition coefficient (Wildman–Crippen LogP) is 1.86. The minimum Gasteiger partial charge on any atom is -0.390 e. The van der Waals surface area contributed by atoms with E-state index in [1.807, 2.05) is 13.8 Å². The fourth-order valence-corrected chi connectivity index (χ4v) is 3.07. The monoisotopic (exact) mass is 196 g/mol. The van der Waals surface area contributed by atoms with E-state index in [1.54, 1.807) is 0 Å². The molecule has 2 nitrogen and oxygen atoms in total. The minimum absolute atomic E-state index is 0.139. The highest BCUT2D eigenvalue weighted by atomic mass is 16.3. The molecule has 2 rings (SSSR count). The molecule has 1 saturated carbocycles. The number of hydrogen-bond donors (Lipinski definition) is 2. The van der Waals surface area contributed by atoms with Gasteiger partial charge in [-0.2, -0.15) is 0 Å². The Morgan fingerprint density at radius 2 is 1.86 bits per heavy atom. The molecule has 0 spiro atoms. The molecule has 0 saturated heterocycles. The summed E-state index contributed by atoms with van der Waals surface area (Å²) < 4.78 is 0. The number of fused-ring (bicyclic) bond motifs is 1. The molecule has 0 amide bonds. The van der Waals surface area contributed by atoms with Crippen molar-refractivity contribution in [2.24, 2.45) is 11.8 Å². The van der Waals surface area contributed by atoms with E-state index >= 15 is 0 Å². The fraction of sp³-hybridized carbons (Fsp3) is 0.833. The molecule has 2 heteroatoms. The Bertz CT molecular complexity index is 253. The Morgan fingerprint density at radius 3 is 2.57 bits per heavy atom. The van der Waals surface area contributed by atoms with Crippen molar-refractivity contribution in [1.82, 2.24) is 0 Å². The van der Waals surface area contributed by atoms with Gasteiger partial charge in [0.15, 0.2) is 0 Å². The lowest BCUT2D eigenvalue weighted by Crippen LogP contribution is -2.40. The third kappa shape index (κ3) is 1.51. The predicted molar refractivity (Wildman–Crippen MR) is 55.8 cm³/mol. The van der Waals surface area contributed by atoms with Gasteiger partial charge in [-0.1, -0.05) is 12.2 Å². The van der Waals surface area contributed by atoms with Gasteiger partial charge in [0.05, 0.1) is 11.2 Å². The minimum atomic E-state index is -0.616. The van der Waals surface area contributed by atoms with E-state index in [2.05, 4.69) is 12.2 Å². The molecule has 0 bridgehead atoms. The normalized spacial score (nSPS) is 52.9. The van der Waals surface area contributed by atoms with Crippen molar-refractivity contribution in [2.45, 2.75) is 50.7 Å². The summed E-state index contributed by atoms with van der Waals surface area (Å²) in [7, 11) is 0. The SMILES string of the molecule is C[C@]1(O)CCC=C[C@@H]2[C@@H]1CC[C@@]2(C)O. The molecule has 80 valence electrons. The van der Waals surface area contributed by atoms with Gasteiger partial charge in [0.25, 0.3) is 0 Å². The number of rotatable bonds is 0. The zero-order chi connectivity index (χ0) is 10.4. The first-order chi connectivity index (χ1) is 6.43. The summed E-state index contributed by atoms with van der Waals surface area (Å²) in [5.41, 5.74) is -1.22. The zero-order valence-electron chi connectivity index (χ0n) is 9.03. The Hall–Kier alpha value is -0.340. The van der Waals surface area contributed by atoms with Crippen molar-refractivity contribution in [3.05, 3.63) is 12.2 Å². The van der Waals surface area contributed by atoms with Gasteiger partial charge in [-0.15, -0.1) is 0 Å². The van der Waals surface area contributed by atoms with Gasteiger partial charge in [-0.25, -0.2) is 0 Å². The van der Waals surface area contributed by atoms with Crippen molar-refractivity contribution in [3.8, 4) is 0 Å². The van der Waals surface area contributed by atoms with Crippen LogP contribution in [0.25, 0.3) is 0 Å². The van der Waals surface area contributed by atoms with Crippen LogP contribution < -0.4 is 0 Å². The smallest absolute Gasteiger partial charge is 0.0685 e. The quantitative estimate of drug-likeness (QED) is 0.581. The van der Waals surface area contributed by atoms with E-state index in [1.165, 1.54) is 0 Å². The molecule has 0 aliphatic heterocycles. The third-order valence-electron chi connectivity index (χ3n) is 4.07. The maximum Gasteiger partial charge on any atom is 0.0685 e. The molecule has 0 heterocycles. The Kier molecular flexibility index (Phi) is 2.24. The van der Waals surface area contributed by atoms with Gasteiger partial charge in [0.2, 0.25) is 0 Å². The van der Waals surface area contributed by atoms with E-state index in [0.717, 1.165) is 25.7 Å². The average Bonchev–Trinajstić information content (AvgIpc) is 2.25. The van der Waals surface area contributed by atoms with Crippen LogP contribution in [0.2, 0.25) is 0 Å². The first-order valence-electron chi connectivity index (χ1n) is 5.55. The van der Waals surface area contributed by atoms with Gasteiger partial charge in [-0.3, -0.25) is 0 Å². The Balaban J connectivity index is 2.30. The third-order valence-corrected chi connectivity index (χ3v) is 4.07. The van der Waals surface area contributed by atoms with E-state index in [4.69, 9.17) is 0 Å². The zero-order valence-corrected chi connectivity index (χ0v) is 9.03. The maximum absolute atomic E-state index is 10.3. The van der Waals surface area contributed by atoms with Crippen LogP contribution in [-0.2, 0) is 0 Å². The summed E-state index contributed by atoms with van der Waals surface area (Å²) in [6.07, 6.45) is 7.72. The van der Waals surface area contributed by atoms with Crippen LogP contribution >= 0.6 is 0 Å². The topological polar surface area (TPSA) is 40.5 Å². The van der Waals surface area contributed by atoms with Gasteiger partial charge in [0, 0.05) is 5.92 Å². The molecule has 2 N–H and O–H groups in total. The molecule has 2 aliphatic rings. The van der Waals surface area contributed by atoms with Gasteiger partial charge >= 0.3 is 0 Å². The molecule has 0 aromatic rings. The second-order valence-electron chi connectivity index (χ2n) is 5.35. The van der Waals surface area contributed by atoms with Crippen LogP contribution in [0.5, 0.6) is 0 Å². The van der Waals surface area contributed by atoms with Gasteiger partial charge < -0.3 is 10.2 Å². The summed E-state index contributed by atoms with van der Waals surface area (Å²) in [4.78, 5) is 0. The van der Waals surface area contributed by atoms with E-state index in [-0.39, 0.29) is 11.8 Å². The highest BCUT2D eigenvalue weighted by Gasteiger charge is 2.49. The lowest BCUT2D eigenvalue weighted by Gasteiger charge is -2.34. The summed E-state index contributed by atoms with van der Waals surface area (Å²) in [5.74, 6) is 0.372. The fourth-order valence-electron chi connectivity index (χ4n) is 3.07. The second-order valence-corrected chi connectivity index (χ2v) is 5.35. The molecular formula is C12H20O2. The van der Waals surface area contributed by atoms with E-state index in [9.17, 15) is 10.2 Å². The summed E-state index contributed by atoms with van der Waals surface area (Å²) in [5, 5.41) is 20.5. The highest BCUT2D eigenvalue weighted by Crippen LogP contribution is 2.48. The number of allylic oxidation sites excluding steroid dienone is 1. The van der Waals surface area contributed by atoms with Crippen molar-refractivity contribution in [2.75, 3.05) is 0 Å².